The van der Waals surface area contributed by atoms with Crippen LogP contribution in [-0.4, -0.2) is 26.0 Å². The van der Waals surface area contributed by atoms with Gasteiger partial charge in [0.2, 0.25) is 5.91 Å². The van der Waals surface area contributed by atoms with Crippen molar-refractivity contribution in [3.63, 3.8) is 0 Å². The Hall–Kier alpha value is -1.90. The van der Waals surface area contributed by atoms with Gasteiger partial charge >= 0.3 is 0 Å². The van der Waals surface area contributed by atoms with E-state index in [0.29, 0.717) is 21.5 Å². The van der Waals surface area contributed by atoms with E-state index < -0.39 is 21.7 Å². The average Bonchev–Trinajstić information content (AvgIpc) is 2.97. The lowest BCUT2D eigenvalue weighted by molar-refractivity contribution is -0.115. The van der Waals surface area contributed by atoms with Crippen molar-refractivity contribution in [2.24, 2.45) is 11.7 Å². The Morgan fingerprint density at radius 3 is 2.61 bits per heavy atom. The molecule has 0 saturated carbocycles. The van der Waals surface area contributed by atoms with E-state index >= 15 is 0 Å². The molecule has 150 valence electrons. The van der Waals surface area contributed by atoms with Gasteiger partial charge in [-0.3, -0.25) is 9.59 Å². The first-order valence-corrected chi connectivity index (χ1v) is 11.7. The number of rotatable bonds is 6. The summed E-state index contributed by atoms with van der Waals surface area (Å²) >= 11 is 7.13. The van der Waals surface area contributed by atoms with Crippen LogP contribution in [0.3, 0.4) is 0 Å². The van der Waals surface area contributed by atoms with Crippen molar-refractivity contribution in [2.75, 3.05) is 11.1 Å². The van der Waals surface area contributed by atoms with Crippen LogP contribution in [0, 0.1) is 5.92 Å². The molecule has 1 aromatic carbocycles. The maximum atomic E-state index is 12.4. The normalized spacial score (nSPS) is 16.4. The zero-order valence-corrected chi connectivity index (χ0v) is 17.7. The number of benzene rings is 1. The summed E-state index contributed by atoms with van der Waals surface area (Å²) < 4.78 is 24.8. The van der Waals surface area contributed by atoms with Gasteiger partial charge < -0.3 is 11.1 Å². The number of hydrogen-bond acceptors (Lipinski definition) is 5. The van der Waals surface area contributed by atoms with Crippen molar-refractivity contribution in [3.05, 3.63) is 45.3 Å². The molecule has 0 bridgehead atoms. The number of fused-ring (bicyclic) bond motifs is 1. The van der Waals surface area contributed by atoms with Crippen molar-refractivity contribution in [1.82, 2.24) is 0 Å². The largest absolute Gasteiger partial charge is 0.365 e. The zero-order chi connectivity index (χ0) is 20.5. The minimum atomic E-state index is -3.61. The summed E-state index contributed by atoms with van der Waals surface area (Å²) in [6, 6.07) is 5.81. The maximum Gasteiger partial charge on any atom is 0.251 e. The lowest BCUT2D eigenvalue weighted by Crippen LogP contribution is -2.20. The summed E-state index contributed by atoms with van der Waals surface area (Å²) in [5.41, 5.74) is 6.81. The van der Waals surface area contributed by atoms with Crippen molar-refractivity contribution in [1.29, 1.82) is 0 Å². The number of halogens is 1. The Morgan fingerprint density at radius 2 is 1.96 bits per heavy atom. The van der Waals surface area contributed by atoms with E-state index in [1.807, 2.05) is 0 Å². The van der Waals surface area contributed by atoms with Crippen LogP contribution in [0.25, 0.3) is 0 Å². The number of nitrogens with one attached hydrogen (secondary N) is 1. The minimum Gasteiger partial charge on any atom is -0.365 e. The van der Waals surface area contributed by atoms with Gasteiger partial charge in [-0.25, -0.2) is 8.42 Å². The molecule has 1 aliphatic carbocycles. The van der Waals surface area contributed by atoms with Crippen LogP contribution in [0.1, 0.15) is 40.6 Å². The molecule has 1 atom stereocenters. The first-order chi connectivity index (χ1) is 13.2. The number of thiophene rings is 1. The SMILES string of the molecule is CC1CCc2c(sc(NC(=O)CCS(=O)(=O)c3ccc(Cl)cc3)c2C(N)=O)C1. The lowest BCUT2D eigenvalue weighted by atomic mass is 9.88. The molecule has 0 radical (unpaired) electrons. The third-order valence-electron chi connectivity index (χ3n) is 4.78. The number of anilines is 1. The summed E-state index contributed by atoms with van der Waals surface area (Å²) in [7, 11) is -3.61. The van der Waals surface area contributed by atoms with Crippen LogP contribution >= 0.6 is 22.9 Å². The fourth-order valence-corrected chi connectivity index (χ4v) is 6.07. The molecule has 6 nitrogen and oxygen atoms in total. The Bertz CT molecular complexity index is 1010. The molecule has 1 aliphatic rings. The van der Waals surface area contributed by atoms with Crippen LogP contribution in [0.2, 0.25) is 5.02 Å². The van der Waals surface area contributed by atoms with Gasteiger partial charge in [0.1, 0.15) is 5.00 Å². The second kappa shape index (κ2) is 8.23. The van der Waals surface area contributed by atoms with E-state index in [9.17, 15) is 18.0 Å². The topological polar surface area (TPSA) is 106 Å². The molecule has 0 spiro atoms. The number of hydrogen-bond donors (Lipinski definition) is 2. The average molecular weight is 441 g/mol. The Balaban J connectivity index is 1.71. The van der Waals surface area contributed by atoms with Crippen LogP contribution in [0.15, 0.2) is 29.2 Å². The number of nitrogens with two attached hydrogens (primary N) is 1. The number of carbonyl (C=O) groups excluding carboxylic acids is 2. The Labute approximate surface area is 173 Å². The van der Waals surface area contributed by atoms with Crippen LogP contribution in [0.4, 0.5) is 5.00 Å². The molecule has 9 heteroatoms. The molecule has 2 amide bonds. The van der Waals surface area contributed by atoms with Gasteiger partial charge in [0, 0.05) is 16.3 Å². The second-order valence-corrected chi connectivity index (χ2v) is 10.6. The van der Waals surface area contributed by atoms with E-state index in [2.05, 4.69) is 12.2 Å². The number of sulfone groups is 1. The highest BCUT2D eigenvalue weighted by atomic mass is 35.5. The maximum absolute atomic E-state index is 12.4. The van der Waals surface area contributed by atoms with Gasteiger partial charge in [0.15, 0.2) is 9.84 Å². The highest BCUT2D eigenvalue weighted by molar-refractivity contribution is 7.91. The smallest absolute Gasteiger partial charge is 0.251 e. The van der Waals surface area contributed by atoms with Crippen LogP contribution < -0.4 is 11.1 Å². The van der Waals surface area contributed by atoms with E-state index in [4.69, 9.17) is 17.3 Å². The quantitative estimate of drug-likeness (QED) is 0.717. The predicted octanol–water partition coefficient (Wildman–Crippen LogP) is 3.43. The fraction of sp³-hybridized carbons (Fsp3) is 0.368. The van der Waals surface area contributed by atoms with Gasteiger partial charge in [-0.05, 0) is 55.0 Å². The van der Waals surface area contributed by atoms with Gasteiger partial charge in [-0.2, -0.15) is 0 Å². The molecule has 0 saturated heterocycles. The van der Waals surface area contributed by atoms with E-state index in [-0.39, 0.29) is 17.1 Å². The highest BCUT2D eigenvalue weighted by Crippen LogP contribution is 2.39. The third-order valence-corrected chi connectivity index (χ3v) is 7.94. The number of carbonyl (C=O) groups is 2. The summed E-state index contributed by atoms with van der Waals surface area (Å²) in [6.45, 7) is 2.15. The van der Waals surface area contributed by atoms with Crippen molar-refractivity contribution in [3.8, 4) is 0 Å². The van der Waals surface area contributed by atoms with Gasteiger partial charge in [0.25, 0.3) is 5.91 Å². The Morgan fingerprint density at radius 1 is 1.29 bits per heavy atom. The third kappa shape index (κ3) is 4.56. The van der Waals surface area contributed by atoms with Gasteiger partial charge in [0.05, 0.1) is 16.2 Å². The summed E-state index contributed by atoms with van der Waals surface area (Å²) in [5.74, 6) is -0.864. The van der Waals surface area contributed by atoms with E-state index in [1.165, 1.54) is 35.6 Å². The molecule has 0 aliphatic heterocycles. The summed E-state index contributed by atoms with van der Waals surface area (Å²) in [5, 5.41) is 3.54. The molecular weight excluding hydrogens is 420 g/mol. The van der Waals surface area contributed by atoms with Crippen molar-refractivity contribution < 1.29 is 18.0 Å². The monoisotopic (exact) mass is 440 g/mol. The van der Waals surface area contributed by atoms with Gasteiger partial charge in [-0.1, -0.05) is 18.5 Å². The molecule has 1 unspecified atom stereocenters. The Kier molecular flexibility index (Phi) is 6.12. The number of amides is 2. The highest BCUT2D eigenvalue weighted by Gasteiger charge is 2.27. The standard InChI is InChI=1S/C19H21ClN2O4S2/c1-11-2-7-14-15(10-11)27-19(17(14)18(21)24)22-16(23)8-9-28(25,26)13-5-3-12(20)4-6-13/h3-6,11H,2,7-10H2,1H3,(H2,21,24)(H,22,23). The molecule has 0 fully saturated rings. The first-order valence-electron chi connectivity index (χ1n) is 8.90. The fourth-order valence-electron chi connectivity index (χ4n) is 3.28. The molecule has 1 heterocycles. The molecular formula is C19H21ClN2O4S2. The number of primary amides is 1. The van der Waals surface area contributed by atoms with Crippen molar-refractivity contribution >= 4 is 49.6 Å². The molecule has 3 rings (SSSR count). The molecule has 1 aromatic heterocycles. The summed E-state index contributed by atoms with van der Waals surface area (Å²) in [6.07, 6.45) is 2.35. The van der Waals surface area contributed by atoms with Crippen LogP contribution in [0.5, 0.6) is 0 Å². The second-order valence-electron chi connectivity index (χ2n) is 6.99. The summed E-state index contributed by atoms with van der Waals surface area (Å²) in [4.78, 5) is 25.5. The molecule has 3 N–H and O–H groups in total. The van der Waals surface area contributed by atoms with E-state index in [0.717, 1.165) is 29.7 Å². The van der Waals surface area contributed by atoms with E-state index in [1.54, 1.807) is 0 Å². The van der Waals surface area contributed by atoms with Crippen LogP contribution in [-0.2, 0) is 27.5 Å². The lowest BCUT2D eigenvalue weighted by Gasteiger charge is -2.18. The minimum absolute atomic E-state index is 0.114. The molecule has 28 heavy (non-hydrogen) atoms. The van der Waals surface area contributed by atoms with Crippen molar-refractivity contribution in [2.45, 2.75) is 37.5 Å². The van der Waals surface area contributed by atoms with Gasteiger partial charge in [-0.15, -0.1) is 11.3 Å². The zero-order valence-electron chi connectivity index (χ0n) is 15.3. The molecule has 2 aromatic rings. The first kappa shape index (κ1) is 20.8. The predicted molar refractivity (Wildman–Crippen MR) is 111 cm³/mol.